The summed E-state index contributed by atoms with van der Waals surface area (Å²) in [6, 6.07) is 5.61. The molecule has 1 aromatic rings. The fraction of sp³-hybridized carbons (Fsp3) is 0.611. The molecule has 162 valence electrons. The maximum absolute atomic E-state index is 12.5. The van der Waals surface area contributed by atoms with Crippen LogP contribution in [0, 0.1) is 0 Å². The van der Waals surface area contributed by atoms with E-state index < -0.39 is 30.8 Å². The predicted molar refractivity (Wildman–Crippen MR) is 106 cm³/mol. The summed E-state index contributed by atoms with van der Waals surface area (Å²) in [5.74, 6) is 0. The molecule has 0 bridgehead atoms. The number of benzene rings is 1. The molecule has 0 aliphatic carbocycles. The molecule has 1 aromatic carbocycles. The van der Waals surface area contributed by atoms with Crippen LogP contribution in [0.3, 0.4) is 0 Å². The Morgan fingerprint density at radius 2 is 1.55 bits per heavy atom. The van der Waals surface area contributed by atoms with Crippen molar-refractivity contribution < 1.29 is 26.5 Å². The third-order valence-corrected chi connectivity index (χ3v) is 7.93. The number of amides is 1. The molecule has 2 heterocycles. The monoisotopic (exact) mass is 445 g/mol. The summed E-state index contributed by atoms with van der Waals surface area (Å²) in [5.41, 5.74) is 0. The van der Waals surface area contributed by atoms with Gasteiger partial charge in [0.05, 0.1) is 4.90 Å². The van der Waals surface area contributed by atoms with Gasteiger partial charge in [-0.05, 0) is 55.8 Å². The molecule has 3 rings (SSSR count). The quantitative estimate of drug-likeness (QED) is 0.681. The highest BCUT2D eigenvalue weighted by Crippen LogP contribution is 2.22. The first-order valence-corrected chi connectivity index (χ1v) is 13.1. The molecule has 1 N–H and O–H groups in total. The Labute approximate surface area is 171 Å². The highest BCUT2D eigenvalue weighted by Gasteiger charge is 2.30. The first-order valence-electron chi connectivity index (χ1n) is 9.69. The van der Waals surface area contributed by atoms with Crippen LogP contribution >= 0.6 is 0 Å². The summed E-state index contributed by atoms with van der Waals surface area (Å²) in [6.07, 6.45) is 5.45. The summed E-state index contributed by atoms with van der Waals surface area (Å²) in [5, 5.41) is 0. The van der Waals surface area contributed by atoms with Crippen molar-refractivity contribution in [2.45, 2.75) is 47.9 Å². The number of piperidine rings is 2. The first kappa shape index (κ1) is 22.0. The van der Waals surface area contributed by atoms with E-state index in [2.05, 4.69) is 4.90 Å². The van der Waals surface area contributed by atoms with Crippen molar-refractivity contribution in [2.24, 2.45) is 0 Å². The van der Waals surface area contributed by atoms with Crippen molar-refractivity contribution in [3.8, 4) is 0 Å². The minimum Gasteiger partial charge on any atom is -0.338 e. The van der Waals surface area contributed by atoms with Gasteiger partial charge in [-0.25, -0.2) is 21.6 Å². The number of hydrogen-bond donors (Lipinski definition) is 1. The van der Waals surface area contributed by atoms with Gasteiger partial charge in [0, 0.05) is 25.4 Å². The molecule has 11 heteroatoms. The van der Waals surface area contributed by atoms with Crippen LogP contribution in [0.1, 0.15) is 32.1 Å². The van der Waals surface area contributed by atoms with E-state index in [1.165, 1.54) is 42.4 Å². The third kappa shape index (κ3) is 5.47. The van der Waals surface area contributed by atoms with Gasteiger partial charge in [-0.1, -0.05) is 18.6 Å². The van der Waals surface area contributed by atoms with E-state index in [1.54, 1.807) is 4.89 Å². The Hall–Kier alpha value is -1.69. The normalized spacial score (nSPS) is 19.8. The maximum atomic E-state index is 12.5. The predicted octanol–water partition coefficient (Wildman–Crippen LogP) is 1.37. The van der Waals surface area contributed by atoms with Gasteiger partial charge in [0.1, 0.15) is 4.90 Å². The van der Waals surface area contributed by atoms with Crippen molar-refractivity contribution in [3.05, 3.63) is 24.3 Å². The number of sulfone groups is 1. The first-order chi connectivity index (χ1) is 13.7. The van der Waals surface area contributed by atoms with Crippen molar-refractivity contribution in [2.75, 3.05) is 32.4 Å². The largest absolute Gasteiger partial charge is 0.429 e. The van der Waals surface area contributed by atoms with Crippen molar-refractivity contribution in [1.82, 2.24) is 14.7 Å². The van der Waals surface area contributed by atoms with E-state index in [9.17, 15) is 21.6 Å². The zero-order valence-corrected chi connectivity index (χ0v) is 18.0. The average Bonchev–Trinajstić information content (AvgIpc) is 2.72. The number of sulfonamides is 1. The Morgan fingerprint density at radius 3 is 2.14 bits per heavy atom. The minimum absolute atomic E-state index is 0.356. The zero-order valence-electron chi connectivity index (χ0n) is 16.4. The van der Waals surface area contributed by atoms with Crippen LogP contribution in [0.2, 0.25) is 0 Å². The number of rotatable bonds is 5. The van der Waals surface area contributed by atoms with E-state index in [0.29, 0.717) is 19.1 Å². The molecule has 29 heavy (non-hydrogen) atoms. The van der Waals surface area contributed by atoms with Gasteiger partial charge in [-0.2, -0.15) is 0 Å². The summed E-state index contributed by atoms with van der Waals surface area (Å²) in [6.45, 7) is 3.16. The van der Waals surface area contributed by atoms with E-state index in [1.807, 2.05) is 0 Å². The molecule has 0 spiro atoms. The number of likely N-dealkylation sites (tertiary alicyclic amines) is 2. The van der Waals surface area contributed by atoms with Crippen molar-refractivity contribution in [1.29, 1.82) is 0 Å². The van der Waals surface area contributed by atoms with E-state index in [-0.39, 0.29) is 4.90 Å². The minimum atomic E-state index is -4.34. The van der Waals surface area contributed by atoms with E-state index in [0.717, 1.165) is 38.3 Å². The van der Waals surface area contributed by atoms with Crippen LogP contribution in [-0.4, -0.2) is 71.2 Å². The van der Waals surface area contributed by atoms with Gasteiger partial charge < -0.3 is 14.6 Å². The summed E-state index contributed by atoms with van der Waals surface area (Å²) >= 11 is 0. The SMILES string of the molecule is CS(=O)(=O)c1ccccc1S(=O)(=O)NOC(=O)N1CCC(N2CCCCC2)CC1. The molecule has 0 aromatic heterocycles. The third-order valence-electron chi connectivity index (χ3n) is 5.41. The molecular formula is C18H27N3O6S2. The summed E-state index contributed by atoms with van der Waals surface area (Å²) in [4.78, 5) is 22.0. The zero-order chi connectivity index (χ0) is 21.1. The lowest BCUT2D eigenvalue weighted by Crippen LogP contribution is -2.49. The second-order valence-corrected chi connectivity index (χ2v) is 11.1. The lowest BCUT2D eigenvalue weighted by Gasteiger charge is -2.39. The van der Waals surface area contributed by atoms with Gasteiger partial charge in [-0.15, -0.1) is 0 Å². The topological polar surface area (TPSA) is 113 Å². The molecule has 0 unspecified atom stereocenters. The summed E-state index contributed by atoms with van der Waals surface area (Å²) in [7, 11) is -8.11. The van der Waals surface area contributed by atoms with Crippen LogP contribution in [-0.2, 0) is 24.7 Å². The number of nitrogens with zero attached hydrogens (tertiary/aromatic N) is 2. The fourth-order valence-electron chi connectivity index (χ4n) is 3.88. The molecule has 0 saturated carbocycles. The molecule has 0 radical (unpaired) electrons. The van der Waals surface area contributed by atoms with Crippen molar-refractivity contribution >= 4 is 26.0 Å². The highest BCUT2D eigenvalue weighted by atomic mass is 32.2. The Bertz CT molecular complexity index is 934. The Kier molecular flexibility index (Phi) is 6.82. The second-order valence-electron chi connectivity index (χ2n) is 7.49. The number of hydrogen-bond acceptors (Lipinski definition) is 7. The van der Waals surface area contributed by atoms with Crippen LogP contribution in [0.15, 0.2) is 34.1 Å². The molecule has 2 fully saturated rings. The smallest absolute Gasteiger partial charge is 0.338 e. The van der Waals surface area contributed by atoms with Gasteiger partial charge in [-0.3, -0.25) is 0 Å². The standard InChI is InChI=1S/C18H27N3O6S2/c1-28(23,24)16-7-3-4-8-17(16)29(25,26)19-27-18(22)21-13-9-15(10-14-21)20-11-5-2-6-12-20/h3-4,7-8,15,19H,2,5-6,9-14H2,1H3. The molecule has 2 aliphatic rings. The number of carbonyl (C=O) groups excluding carboxylic acids is 1. The van der Waals surface area contributed by atoms with Gasteiger partial charge in [0.15, 0.2) is 9.84 Å². The van der Waals surface area contributed by atoms with Gasteiger partial charge in [0.2, 0.25) is 0 Å². The maximum Gasteiger partial charge on any atom is 0.429 e. The van der Waals surface area contributed by atoms with Crippen molar-refractivity contribution in [3.63, 3.8) is 0 Å². The lowest BCUT2D eigenvalue weighted by molar-refractivity contribution is 0.0552. The lowest BCUT2D eigenvalue weighted by atomic mass is 10.0. The molecule has 1 amide bonds. The molecule has 9 nitrogen and oxygen atoms in total. The number of nitrogens with one attached hydrogen (secondary N) is 1. The highest BCUT2D eigenvalue weighted by molar-refractivity contribution is 7.93. The summed E-state index contributed by atoms with van der Waals surface area (Å²) < 4.78 is 48.6. The number of carbonyl (C=O) groups is 1. The molecular weight excluding hydrogens is 418 g/mol. The molecule has 0 atom stereocenters. The Balaban J connectivity index is 1.57. The van der Waals surface area contributed by atoms with Crippen LogP contribution in [0.25, 0.3) is 0 Å². The average molecular weight is 446 g/mol. The molecule has 2 aliphatic heterocycles. The second kappa shape index (κ2) is 8.99. The van der Waals surface area contributed by atoms with Gasteiger partial charge >= 0.3 is 6.09 Å². The molecule has 2 saturated heterocycles. The fourth-order valence-corrected chi connectivity index (χ4v) is 6.28. The Morgan fingerprint density at radius 1 is 0.966 bits per heavy atom. The van der Waals surface area contributed by atoms with Crippen LogP contribution in [0.4, 0.5) is 4.79 Å². The van der Waals surface area contributed by atoms with Crippen LogP contribution < -0.4 is 4.89 Å². The van der Waals surface area contributed by atoms with E-state index in [4.69, 9.17) is 4.84 Å². The van der Waals surface area contributed by atoms with E-state index >= 15 is 0 Å². The van der Waals surface area contributed by atoms with Gasteiger partial charge in [0.25, 0.3) is 10.0 Å². The van der Waals surface area contributed by atoms with Crippen LogP contribution in [0.5, 0.6) is 0 Å².